The molecule has 1 saturated heterocycles. The molecule has 1 amide bonds. The minimum atomic E-state index is -0.858. The first-order valence-corrected chi connectivity index (χ1v) is 10.7. The fourth-order valence-corrected chi connectivity index (χ4v) is 4.00. The summed E-state index contributed by atoms with van der Waals surface area (Å²) < 4.78 is 7.65. The fraction of sp³-hybridized carbons (Fsp3) is 0.524. The Balaban J connectivity index is 1.66. The summed E-state index contributed by atoms with van der Waals surface area (Å²) >= 11 is 0. The van der Waals surface area contributed by atoms with Crippen molar-refractivity contribution in [2.45, 2.75) is 52.5 Å². The number of carbonyl (C=O) groups is 1. The lowest BCUT2D eigenvalue weighted by Gasteiger charge is -2.37. The molecule has 1 unspecified atom stereocenters. The van der Waals surface area contributed by atoms with Crippen LogP contribution in [0, 0.1) is 6.92 Å². The number of aromatic nitrogens is 6. The Morgan fingerprint density at radius 2 is 1.91 bits per heavy atom. The maximum atomic E-state index is 13.1. The summed E-state index contributed by atoms with van der Waals surface area (Å²) in [4.78, 5) is 36.8. The summed E-state index contributed by atoms with van der Waals surface area (Å²) in [7, 11) is 0. The molecule has 4 heterocycles. The molecule has 2 N–H and O–H groups in total. The van der Waals surface area contributed by atoms with E-state index in [1.54, 1.807) is 17.3 Å². The summed E-state index contributed by atoms with van der Waals surface area (Å²) in [5.41, 5.74) is 1.89. The highest BCUT2D eigenvalue weighted by atomic mass is 16.5. The molecule has 3 aromatic heterocycles. The van der Waals surface area contributed by atoms with Crippen molar-refractivity contribution >= 4 is 22.9 Å². The third-order valence-corrected chi connectivity index (χ3v) is 5.41. The van der Waals surface area contributed by atoms with Crippen molar-refractivity contribution in [1.29, 1.82) is 0 Å². The Kier molecular flexibility index (Phi) is 6.28. The third kappa shape index (κ3) is 4.26. The number of hydrogen-bond donors (Lipinski definition) is 2. The van der Waals surface area contributed by atoms with Crippen LogP contribution in [0.2, 0.25) is 0 Å². The van der Waals surface area contributed by atoms with Gasteiger partial charge < -0.3 is 24.6 Å². The van der Waals surface area contributed by atoms with Gasteiger partial charge in [-0.1, -0.05) is 0 Å². The van der Waals surface area contributed by atoms with Gasteiger partial charge >= 0.3 is 0 Å². The lowest BCUT2D eigenvalue weighted by Crippen LogP contribution is -2.53. The molecule has 0 aliphatic carbocycles. The maximum Gasteiger partial charge on any atom is 0.247 e. The molecule has 1 aliphatic rings. The van der Waals surface area contributed by atoms with Crippen LogP contribution in [0.25, 0.3) is 22.6 Å². The van der Waals surface area contributed by atoms with Crippen molar-refractivity contribution in [3.8, 4) is 11.4 Å². The van der Waals surface area contributed by atoms with E-state index in [0.29, 0.717) is 48.3 Å². The van der Waals surface area contributed by atoms with Gasteiger partial charge in [0.25, 0.3) is 0 Å². The number of rotatable bonds is 6. The van der Waals surface area contributed by atoms with Crippen molar-refractivity contribution < 1.29 is 14.6 Å². The van der Waals surface area contributed by atoms with Crippen LogP contribution >= 0.6 is 0 Å². The monoisotopic (exact) mass is 440 g/mol. The molecule has 11 nitrogen and oxygen atoms in total. The largest absolute Gasteiger partial charge is 0.394 e. The number of ether oxygens (including phenoxy) is 1. The topological polar surface area (TPSA) is 131 Å². The van der Waals surface area contributed by atoms with E-state index in [2.05, 4.69) is 25.3 Å². The highest BCUT2D eigenvalue weighted by Gasteiger charge is 2.31. The summed E-state index contributed by atoms with van der Waals surface area (Å²) in [5.74, 6) is 1.52. The number of aryl methyl sites for hydroxylation is 2. The molecule has 0 radical (unpaired) electrons. The molecule has 1 aliphatic heterocycles. The molecule has 32 heavy (non-hydrogen) atoms. The summed E-state index contributed by atoms with van der Waals surface area (Å²) in [5, 5.41) is 13.1. The van der Waals surface area contributed by atoms with Crippen molar-refractivity contribution in [3.05, 3.63) is 24.5 Å². The Morgan fingerprint density at radius 3 is 2.53 bits per heavy atom. The van der Waals surface area contributed by atoms with Gasteiger partial charge in [0, 0.05) is 32.0 Å². The molecule has 11 heteroatoms. The number of amides is 1. The summed E-state index contributed by atoms with van der Waals surface area (Å²) in [6, 6.07) is -0.858. The van der Waals surface area contributed by atoms with Crippen LogP contribution in [-0.2, 0) is 16.1 Å². The van der Waals surface area contributed by atoms with Crippen LogP contribution in [0.1, 0.15) is 26.6 Å². The number of fused-ring (bicyclic) bond motifs is 1. The second-order valence-corrected chi connectivity index (χ2v) is 7.97. The second kappa shape index (κ2) is 9.13. The molecule has 3 aromatic rings. The zero-order valence-corrected chi connectivity index (χ0v) is 18.7. The first-order chi connectivity index (χ1) is 15.4. The molecular weight excluding hydrogens is 412 g/mol. The van der Waals surface area contributed by atoms with E-state index in [1.807, 2.05) is 32.3 Å². The first kappa shape index (κ1) is 22.0. The van der Waals surface area contributed by atoms with E-state index in [0.717, 1.165) is 5.56 Å². The number of aliphatic hydroxyl groups excluding tert-OH is 1. The lowest BCUT2D eigenvalue weighted by atomic mass is 10.2. The highest BCUT2D eigenvalue weighted by molar-refractivity contribution is 5.90. The fourth-order valence-electron chi connectivity index (χ4n) is 4.00. The Hall–Kier alpha value is -3.18. The molecule has 0 saturated carbocycles. The summed E-state index contributed by atoms with van der Waals surface area (Å²) in [6.45, 7) is 8.88. The SMILES string of the molecule is CCn1c(-c2cnc(C)nc2)nc2c(NC(CO)C(=O)N3C[C@@H](C)O[C@@H](C)C3)ncnc21. The predicted octanol–water partition coefficient (Wildman–Crippen LogP) is 1.02. The van der Waals surface area contributed by atoms with Crippen molar-refractivity contribution in [2.24, 2.45) is 0 Å². The van der Waals surface area contributed by atoms with Gasteiger partial charge in [-0.25, -0.2) is 24.9 Å². The number of hydrogen-bond acceptors (Lipinski definition) is 9. The maximum absolute atomic E-state index is 13.1. The number of morpholine rings is 1. The van der Waals surface area contributed by atoms with E-state index in [-0.39, 0.29) is 24.7 Å². The molecule has 0 bridgehead atoms. The zero-order valence-electron chi connectivity index (χ0n) is 18.7. The lowest BCUT2D eigenvalue weighted by molar-refractivity contribution is -0.144. The molecule has 1 fully saturated rings. The molecule has 4 rings (SSSR count). The van der Waals surface area contributed by atoms with E-state index >= 15 is 0 Å². The minimum absolute atomic E-state index is 0.0626. The van der Waals surface area contributed by atoms with Crippen LogP contribution in [0.4, 0.5) is 5.82 Å². The van der Waals surface area contributed by atoms with Crippen LogP contribution in [0.15, 0.2) is 18.7 Å². The number of nitrogens with one attached hydrogen (secondary N) is 1. The average Bonchev–Trinajstić information content (AvgIpc) is 3.16. The van der Waals surface area contributed by atoms with Crippen LogP contribution in [0.3, 0.4) is 0 Å². The van der Waals surface area contributed by atoms with E-state index < -0.39 is 6.04 Å². The zero-order chi connectivity index (χ0) is 22.8. The standard InChI is InChI=1S/C21H28N8O3/c1-5-29-19(15-6-22-14(4)23-7-15)27-17-18(24-11-25-20(17)29)26-16(10-30)21(31)28-8-12(2)32-13(3)9-28/h6-7,11-13,16,30H,5,8-10H2,1-4H3,(H,24,25,26)/t12-,13+,16?. The highest BCUT2D eigenvalue weighted by Crippen LogP contribution is 2.26. The van der Waals surface area contributed by atoms with Crippen molar-refractivity contribution in [1.82, 2.24) is 34.4 Å². The number of imidazole rings is 1. The Bertz CT molecular complexity index is 1090. The average molecular weight is 441 g/mol. The van der Waals surface area contributed by atoms with Crippen molar-refractivity contribution in [3.63, 3.8) is 0 Å². The van der Waals surface area contributed by atoms with Gasteiger partial charge in [0.05, 0.1) is 24.4 Å². The van der Waals surface area contributed by atoms with Gasteiger partial charge in [0.2, 0.25) is 5.91 Å². The van der Waals surface area contributed by atoms with Gasteiger partial charge in [-0.05, 0) is 27.7 Å². The Labute approximate surface area is 185 Å². The number of nitrogens with zero attached hydrogens (tertiary/aromatic N) is 7. The van der Waals surface area contributed by atoms with Crippen LogP contribution in [0.5, 0.6) is 0 Å². The smallest absolute Gasteiger partial charge is 0.247 e. The van der Waals surface area contributed by atoms with Gasteiger partial charge in [-0.2, -0.15) is 0 Å². The number of carbonyl (C=O) groups excluding carboxylic acids is 1. The Morgan fingerprint density at radius 1 is 1.22 bits per heavy atom. The van der Waals surface area contributed by atoms with E-state index in [4.69, 9.17) is 9.72 Å². The summed E-state index contributed by atoms with van der Waals surface area (Å²) in [6.07, 6.45) is 4.74. The van der Waals surface area contributed by atoms with Gasteiger partial charge in [-0.15, -0.1) is 0 Å². The predicted molar refractivity (Wildman–Crippen MR) is 118 cm³/mol. The minimum Gasteiger partial charge on any atom is -0.394 e. The molecule has 3 atom stereocenters. The van der Waals surface area contributed by atoms with Gasteiger partial charge in [-0.3, -0.25) is 4.79 Å². The molecule has 0 spiro atoms. The van der Waals surface area contributed by atoms with Crippen molar-refractivity contribution in [2.75, 3.05) is 25.0 Å². The van der Waals surface area contributed by atoms with E-state index in [9.17, 15) is 9.90 Å². The number of aliphatic hydroxyl groups is 1. The quantitative estimate of drug-likeness (QED) is 0.577. The van der Waals surface area contributed by atoms with E-state index in [1.165, 1.54) is 6.33 Å². The molecular formula is C21H28N8O3. The first-order valence-electron chi connectivity index (χ1n) is 10.7. The third-order valence-electron chi connectivity index (χ3n) is 5.41. The molecule has 0 aromatic carbocycles. The normalized spacial score (nSPS) is 19.8. The van der Waals surface area contributed by atoms with Crippen LogP contribution in [-0.4, -0.2) is 83.3 Å². The number of anilines is 1. The molecule has 170 valence electrons. The second-order valence-electron chi connectivity index (χ2n) is 7.97. The van der Waals surface area contributed by atoms with Gasteiger partial charge in [0.1, 0.15) is 24.0 Å². The van der Waals surface area contributed by atoms with Gasteiger partial charge in [0.15, 0.2) is 17.0 Å². The van der Waals surface area contributed by atoms with Crippen LogP contribution < -0.4 is 5.32 Å².